The van der Waals surface area contributed by atoms with Gasteiger partial charge >= 0.3 is 0 Å². The summed E-state index contributed by atoms with van der Waals surface area (Å²) in [6, 6.07) is 21.6. The van der Waals surface area contributed by atoms with Gasteiger partial charge in [0.25, 0.3) is 0 Å². The first-order valence-corrected chi connectivity index (χ1v) is 7.59. The van der Waals surface area contributed by atoms with Crippen molar-refractivity contribution in [1.29, 1.82) is 0 Å². The van der Waals surface area contributed by atoms with Gasteiger partial charge in [-0.05, 0) is 35.6 Å². The molecule has 0 N–H and O–H groups in total. The number of allylic oxidation sites excluding steroid dienone is 1. The highest BCUT2D eigenvalue weighted by molar-refractivity contribution is 5.30. The fraction of sp³-hybridized carbons (Fsp3) is 0.150. The third-order valence-electron chi connectivity index (χ3n) is 3.85. The fourth-order valence-corrected chi connectivity index (χ4v) is 2.71. The molecule has 1 heterocycles. The lowest BCUT2D eigenvalue weighted by molar-refractivity contribution is 0.528. The van der Waals surface area contributed by atoms with Crippen LogP contribution < -0.4 is 0 Å². The number of hydrogen-bond acceptors (Lipinski definition) is 1. The summed E-state index contributed by atoms with van der Waals surface area (Å²) in [6.45, 7) is 3.87. The molecule has 0 aliphatic rings. The van der Waals surface area contributed by atoms with Crippen molar-refractivity contribution in [3.8, 4) is 0 Å². The average molecular weight is 288 g/mol. The molecule has 3 aromatic rings. The monoisotopic (exact) mass is 288 g/mol. The van der Waals surface area contributed by atoms with E-state index in [-0.39, 0.29) is 6.04 Å². The van der Waals surface area contributed by atoms with Crippen LogP contribution in [-0.2, 0) is 6.42 Å². The van der Waals surface area contributed by atoms with Gasteiger partial charge in [-0.25, -0.2) is 0 Å². The molecule has 0 saturated heterocycles. The van der Waals surface area contributed by atoms with E-state index in [2.05, 4.69) is 66.3 Å². The van der Waals surface area contributed by atoms with E-state index in [4.69, 9.17) is 0 Å². The highest BCUT2D eigenvalue weighted by Crippen LogP contribution is 2.22. The van der Waals surface area contributed by atoms with Crippen LogP contribution in [0.3, 0.4) is 0 Å². The van der Waals surface area contributed by atoms with Gasteiger partial charge in [0.1, 0.15) is 0 Å². The summed E-state index contributed by atoms with van der Waals surface area (Å²) in [5.41, 5.74) is 3.93. The maximum Gasteiger partial charge on any atom is 0.0802 e. The van der Waals surface area contributed by atoms with E-state index < -0.39 is 0 Å². The van der Waals surface area contributed by atoms with Crippen molar-refractivity contribution in [3.63, 3.8) is 0 Å². The molecule has 0 amide bonds. The highest BCUT2D eigenvalue weighted by Gasteiger charge is 2.12. The van der Waals surface area contributed by atoms with Crippen LogP contribution in [0.4, 0.5) is 0 Å². The number of benzene rings is 2. The van der Waals surface area contributed by atoms with Crippen LogP contribution in [0.15, 0.2) is 85.7 Å². The van der Waals surface area contributed by atoms with Gasteiger partial charge < -0.3 is 0 Å². The molecule has 0 spiro atoms. The largest absolute Gasteiger partial charge is 0.265 e. The molecule has 2 nitrogen and oxygen atoms in total. The lowest BCUT2D eigenvalue weighted by atomic mass is 9.99. The Kier molecular flexibility index (Phi) is 4.50. The van der Waals surface area contributed by atoms with Gasteiger partial charge in [-0.3, -0.25) is 4.68 Å². The summed E-state index contributed by atoms with van der Waals surface area (Å²) in [6.07, 6.45) is 7.62. The van der Waals surface area contributed by atoms with Crippen LogP contribution in [0.25, 0.3) is 0 Å². The molecule has 2 heteroatoms. The van der Waals surface area contributed by atoms with Crippen molar-refractivity contribution in [2.24, 2.45) is 0 Å². The molecule has 0 radical (unpaired) electrons. The Morgan fingerprint density at radius 3 is 2.32 bits per heavy atom. The van der Waals surface area contributed by atoms with E-state index in [9.17, 15) is 0 Å². The van der Waals surface area contributed by atoms with Gasteiger partial charge in [-0.15, -0.1) is 6.58 Å². The summed E-state index contributed by atoms with van der Waals surface area (Å²) < 4.78 is 1.99. The van der Waals surface area contributed by atoms with E-state index in [0.29, 0.717) is 0 Å². The summed E-state index contributed by atoms with van der Waals surface area (Å²) >= 11 is 0. The molecular formula is C20H20N2. The Bertz CT molecular complexity index is 697. The first-order valence-electron chi connectivity index (χ1n) is 7.59. The van der Waals surface area contributed by atoms with E-state index in [0.717, 1.165) is 12.8 Å². The van der Waals surface area contributed by atoms with Gasteiger partial charge in [0.15, 0.2) is 0 Å². The van der Waals surface area contributed by atoms with Gasteiger partial charge in [0.05, 0.1) is 6.04 Å². The SMILES string of the molecule is C=CCC(c1ccc(Cc2ccccc2)cc1)n1cccn1. The summed E-state index contributed by atoms with van der Waals surface area (Å²) in [5.74, 6) is 0. The van der Waals surface area contributed by atoms with E-state index in [1.54, 1.807) is 0 Å². The molecule has 0 aliphatic carbocycles. The minimum absolute atomic E-state index is 0.221. The average Bonchev–Trinajstić information content (AvgIpc) is 3.09. The number of hydrogen-bond donors (Lipinski definition) is 0. The second-order valence-electron chi connectivity index (χ2n) is 5.43. The number of rotatable bonds is 6. The van der Waals surface area contributed by atoms with Crippen LogP contribution in [0.1, 0.15) is 29.2 Å². The van der Waals surface area contributed by atoms with Crippen molar-refractivity contribution in [2.75, 3.05) is 0 Å². The third-order valence-corrected chi connectivity index (χ3v) is 3.85. The lowest BCUT2D eigenvalue weighted by Gasteiger charge is -2.17. The molecule has 0 bridgehead atoms. The zero-order chi connectivity index (χ0) is 15.2. The molecule has 0 fully saturated rings. The molecule has 3 rings (SSSR count). The lowest BCUT2D eigenvalue weighted by Crippen LogP contribution is -2.10. The molecule has 1 atom stereocenters. The van der Waals surface area contributed by atoms with Crippen molar-refractivity contribution >= 4 is 0 Å². The van der Waals surface area contributed by atoms with Gasteiger partial charge in [-0.1, -0.05) is 60.7 Å². The quantitative estimate of drug-likeness (QED) is 0.604. The molecule has 22 heavy (non-hydrogen) atoms. The van der Waals surface area contributed by atoms with E-state index >= 15 is 0 Å². The number of aromatic nitrogens is 2. The Hall–Kier alpha value is -2.61. The first kappa shape index (κ1) is 14.3. The Balaban J connectivity index is 1.79. The minimum atomic E-state index is 0.221. The number of nitrogens with zero attached hydrogens (tertiary/aromatic N) is 2. The molecule has 2 aromatic carbocycles. The Labute approximate surface area is 131 Å². The minimum Gasteiger partial charge on any atom is -0.265 e. The van der Waals surface area contributed by atoms with Crippen LogP contribution in [0, 0.1) is 0 Å². The van der Waals surface area contributed by atoms with Crippen LogP contribution in [0.2, 0.25) is 0 Å². The van der Waals surface area contributed by atoms with Crippen molar-refractivity contribution < 1.29 is 0 Å². The predicted molar refractivity (Wildman–Crippen MR) is 90.9 cm³/mol. The zero-order valence-electron chi connectivity index (χ0n) is 12.6. The molecule has 110 valence electrons. The fourth-order valence-electron chi connectivity index (χ4n) is 2.71. The standard InChI is InChI=1S/C20H20N2/c1-2-7-20(22-15-6-14-21-22)19-12-10-18(11-13-19)16-17-8-4-3-5-9-17/h2-6,8-15,20H,1,7,16H2. The van der Waals surface area contributed by atoms with E-state index in [1.807, 2.05) is 29.2 Å². The third kappa shape index (κ3) is 3.34. The normalized spacial score (nSPS) is 12.0. The maximum absolute atomic E-state index is 4.37. The van der Waals surface area contributed by atoms with Gasteiger partial charge in [-0.2, -0.15) is 5.10 Å². The van der Waals surface area contributed by atoms with Gasteiger partial charge in [0.2, 0.25) is 0 Å². The topological polar surface area (TPSA) is 17.8 Å². The molecule has 0 saturated carbocycles. The van der Waals surface area contributed by atoms with Gasteiger partial charge in [0, 0.05) is 12.4 Å². The highest BCUT2D eigenvalue weighted by atomic mass is 15.3. The van der Waals surface area contributed by atoms with Crippen LogP contribution in [-0.4, -0.2) is 9.78 Å². The zero-order valence-corrected chi connectivity index (χ0v) is 12.6. The molecule has 1 aromatic heterocycles. The maximum atomic E-state index is 4.37. The summed E-state index contributed by atoms with van der Waals surface area (Å²) in [7, 11) is 0. The Morgan fingerprint density at radius 1 is 0.955 bits per heavy atom. The van der Waals surface area contributed by atoms with Crippen molar-refractivity contribution in [3.05, 3.63) is 102 Å². The molecule has 0 aliphatic heterocycles. The van der Waals surface area contributed by atoms with Crippen molar-refractivity contribution in [2.45, 2.75) is 18.9 Å². The van der Waals surface area contributed by atoms with E-state index in [1.165, 1.54) is 16.7 Å². The second kappa shape index (κ2) is 6.90. The first-order chi connectivity index (χ1) is 10.9. The summed E-state index contributed by atoms with van der Waals surface area (Å²) in [4.78, 5) is 0. The molecule has 1 unspecified atom stereocenters. The Morgan fingerprint density at radius 2 is 1.68 bits per heavy atom. The second-order valence-corrected chi connectivity index (χ2v) is 5.43. The van der Waals surface area contributed by atoms with Crippen LogP contribution in [0.5, 0.6) is 0 Å². The van der Waals surface area contributed by atoms with Crippen molar-refractivity contribution in [1.82, 2.24) is 9.78 Å². The van der Waals surface area contributed by atoms with Crippen LogP contribution >= 0.6 is 0 Å². The predicted octanol–water partition coefficient (Wildman–Crippen LogP) is 4.64. The molecular weight excluding hydrogens is 268 g/mol. The summed E-state index contributed by atoms with van der Waals surface area (Å²) in [5, 5.41) is 4.37. The smallest absolute Gasteiger partial charge is 0.0802 e.